The summed E-state index contributed by atoms with van der Waals surface area (Å²) in [5.74, 6) is -1.42. The first-order valence-corrected chi connectivity index (χ1v) is 7.62. The van der Waals surface area contributed by atoms with Gasteiger partial charge in [-0.3, -0.25) is 4.79 Å². The fraction of sp³-hybridized carbons (Fsp3) is 0.158. The normalized spacial score (nSPS) is 12.7. The summed E-state index contributed by atoms with van der Waals surface area (Å²) in [5, 5.41) is 11.7. The van der Waals surface area contributed by atoms with E-state index in [0.717, 1.165) is 35.0 Å². The first kappa shape index (κ1) is 17.0. The molecule has 0 saturated heterocycles. The van der Waals surface area contributed by atoms with Gasteiger partial charge in [0.1, 0.15) is 0 Å². The summed E-state index contributed by atoms with van der Waals surface area (Å²) in [6.07, 6.45) is 3.23. The van der Waals surface area contributed by atoms with Gasteiger partial charge in [-0.25, -0.2) is 0 Å². The van der Waals surface area contributed by atoms with E-state index in [4.69, 9.17) is 0 Å². The summed E-state index contributed by atoms with van der Waals surface area (Å²) in [7, 11) is 0. The molecule has 3 aromatic rings. The number of carboxylic acid groups (broad SMARTS) is 1. The number of carbonyl (C=O) groups is 1. The number of hydrogen-bond donors (Lipinski definition) is 0. The van der Waals surface area contributed by atoms with Gasteiger partial charge in [-0.15, -0.1) is 0 Å². The van der Waals surface area contributed by atoms with Crippen LogP contribution in [-0.2, 0) is 13.0 Å². The monoisotopic (exact) mass is 327 g/mol. The molecule has 4 rings (SSSR count). The Labute approximate surface area is 161 Å². The van der Waals surface area contributed by atoms with Crippen LogP contribution < -0.4 is 40.1 Å². The van der Waals surface area contributed by atoms with Gasteiger partial charge in [0.25, 0.3) is 0 Å². The van der Waals surface area contributed by atoms with Gasteiger partial charge in [-0.05, 0) is 35.6 Å². The number of rotatable bonds is 2. The average Bonchev–Trinajstić information content (AvgIpc) is 2.58. The van der Waals surface area contributed by atoms with Crippen molar-refractivity contribution in [2.24, 2.45) is 0 Å². The second-order valence-corrected chi connectivity index (χ2v) is 5.81. The minimum atomic E-state index is -1.42. The van der Waals surface area contributed by atoms with Crippen LogP contribution in [0.1, 0.15) is 22.3 Å². The Hall–Kier alpha value is -1.88. The smallest absolute Gasteiger partial charge is 0.545 e. The fourth-order valence-electron chi connectivity index (χ4n) is 3.46. The number of aromatic carboxylic acids is 1. The molecule has 0 spiro atoms. The molecule has 0 unspecified atom stereocenters. The van der Waals surface area contributed by atoms with Crippen LogP contribution >= 0.6 is 0 Å². The minimum absolute atomic E-state index is 0. The number of aryl methyl sites for hydroxylation is 2. The van der Waals surface area contributed by atoms with E-state index in [1.165, 1.54) is 6.20 Å². The van der Waals surface area contributed by atoms with Crippen molar-refractivity contribution in [3.05, 3.63) is 70.0 Å². The molecule has 5 heteroatoms. The van der Waals surface area contributed by atoms with Crippen molar-refractivity contribution in [1.82, 2.24) is 4.57 Å². The predicted molar refractivity (Wildman–Crippen MR) is 86.3 cm³/mol. The van der Waals surface area contributed by atoms with E-state index in [2.05, 4.69) is 0 Å². The third-order valence-corrected chi connectivity index (χ3v) is 4.47. The average molecular weight is 327 g/mol. The molecule has 0 fully saturated rings. The minimum Gasteiger partial charge on any atom is -0.545 e. The quantitative estimate of drug-likeness (QED) is 0.566. The molecule has 114 valence electrons. The van der Waals surface area contributed by atoms with Crippen LogP contribution in [0.25, 0.3) is 22.0 Å². The molecule has 2 aromatic carbocycles. The van der Waals surface area contributed by atoms with Crippen molar-refractivity contribution >= 4 is 16.9 Å². The molecule has 1 aromatic heterocycles. The molecule has 1 aliphatic rings. The number of nitrogens with zero attached hydrogens (tertiary/aromatic N) is 1. The zero-order valence-corrected chi connectivity index (χ0v) is 15.4. The van der Waals surface area contributed by atoms with Gasteiger partial charge < -0.3 is 14.5 Å². The van der Waals surface area contributed by atoms with Crippen LogP contribution in [0.15, 0.2) is 53.5 Å². The maximum Gasteiger partial charge on any atom is 1.00 e. The second-order valence-electron chi connectivity index (χ2n) is 5.81. The first-order chi connectivity index (χ1) is 11.2. The molecule has 0 bridgehead atoms. The van der Waals surface area contributed by atoms with E-state index in [9.17, 15) is 14.7 Å². The molecule has 0 saturated carbocycles. The van der Waals surface area contributed by atoms with Crippen LogP contribution in [0.4, 0.5) is 0 Å². The maximum atomic E-state index is 12.4. The number of hydrogen-bond acceptors (Lipinski definition) is 3. The number of aromatic nitrogens is 1. The third-order valence-electron chi connectivity index (χ3n) is 4.47. The number of benzene rings is 2. The Balaban J connectivity index is 0.00000169. The molecule has 4 nitrogen and oxygen atoms in total. The van der Waals surface area contributed by atoms with Crippen molar-refractivity contribution in [3.8, 4) is 11.1 Å². The standard InChI is InChI=1S/C19H15NO3.Na/c21-18-15-9-8-13(12-5-2-1-3-6-12)14-7-4-10-20(17(14)15)11-16(18)19(22)23;/h1-3,5-6,8-9,11H,4,7,10H2,(H,22,23);/q;+1/p-1. The molecular formula is C19H14NNaO3. The van der Waals surface area contributed by atoms with Gasteiger partial charge in [0.2, 0.25) is 0 Å². The summed E-state index contributed by atoms with van der Waals surface area (Å²) in [6, 6.07) is 13.7. The Morgan fingerprint density at radius 2 is 1.83 bits per heavy atom. The van der Waals surface area contributed by atoms with E-state index in [1.54, 1.807) is 6.07 Å². The maximum absolute atomic E-state index is 12.4. The van der Waals surface area contributed by atoms with Gasteiger partial charge in [0.05, 0.1) is 17.0 Å². The Morgan fingerprint density at radius 1 is 1.08 bits per heavy atom. The second kappa shape index (κ2) is 6.55. The number of carboxylic acids is 1. The fourth-order valence-corrected chi connectivity index (χ4v) is 3.46. The number of pyridine rings is 1. The van der Waals surface area contributed by atoms with Crippen LogP contribution in [0.3, 0.4) is 0 Å². The Bertz CT molecular complexity index is 993. The SMILES string of the molecule is O=C([O-])c1cn2c3c(c(-c4ccccc4)ccc3c1=O)CCC2.[Na+]. The van der Waals surface area contributed by atoms with Crippen molar-refractivity contribution in [1.29, 1.82) is 0 Å². The van der Waals surface area contributed by atoms with E-state index >= 15 is 0 Å². The van der Waals surface area contributed by atoms with Crippen LogP contribution in [0.2, 0.25) is 0 Å². The van der Waals surface area contributed by atoms with Crippen molar-refractivity contribution in [2.75, 3.05) is 0 Å². The van der Waals surface area contributed by atoms with Gasteiger partial charge in [-0.1, -0.05) is 36.4 Å². The molecule has 0 radical (unpaired) electrons. The molecule has 0 amide bonds. The van der Waals surface area contributed by atoms with Gasteiger partial charge >= 0.3 is 29.6 Å². The summed E-state index contributed by atoms with van der Waals surface area (Å²) < 4.78 is 1.88. The third kappa shape index (κ3) is 2.61. The van der Waals surface area contributed by atoms with Gasteiger partial charge in [0.15, 0.2) is 5.43 Å². The summed E-state index contributed by atoms with van der Waals surface area (Å²) in [4.78, 5) is 23.6. The van der Waals surface area contributed by atoms with Crippen molar-refractivity contribution in [2.45, 2.75) is 19.4 Å². The van der Waals surface area contributed by atoms with Gasteiger partial charge in [0, 0.05) is 18.1 Å². The van der Waals surface area contributed by atoms with E-state index < -0.39 is 11.4 Å². The molecule has 2 heterocycles. The van der Waals surface area contributed by atoms with Crippen LogP contribution in [0, 0.1) is 0 Å². The summed E-state index contributed by atoms with van der Waals surface area (Å²) >= 11 is 0. The zero-order chi connectivity index (χ0) is 16.0. The van der Waals surface area contributed by atoms with E-state index in [1.807, 2.05) is 41.0 Å². The molecule has 0 aliphatic carbocycles. The van der Waals surface area contributed by atoms with Crippen molar-refractivity contribution < 1.29 is 39.5 Å². The van der Waals surface area contributed by atoms with E-state index in [0.29, 0.717) is 11.9 Å². The molecule has 1 aliphatic heterocycles. The number of carbonyl (C=O) groups excluding carboxylic acids is 1. The Kier molecular flexibility index (Phi) is 4.63. The molecular weight excluding hydrogens is 313 g/mol. The Morgan fingerprint density at radius 3 is 2.54 bits per heavy atom. The van der Waals surface area contributed by atoms with Crippen molar-refractivity contribution in [3.63, 3.8) is 0 Å². The predicted octanol–water partition coefficient (Wildman–Crippen LogP) is -1.02. The van der Waals surface area contributed by atoms with E-state index in [-0.39, 0.29) is 35.1 Å². The van der Waals surface area contributed by atoms with Crippen LogP contribution in [0.5, 0.6) is 0 Å². The summed E-state index contributed by atoms with van der Waals surface area (Å²) in [5.41, 5.74) is 3.45. The molecule has 24 heavy (non-hydrogen) atoms. The zero-order valence-electron chi connectivity index (χ0n) is 13.4. The molecule has 0 N–H and O–H groups in total. The summed E-state index contributed by atoms with van der Waals surface area (Å²) in [6.45, 7) is 0.711. The first-order valence-electron chi connectivity index (χ1n) is 7.62. The molecule has 0 atom stereocenters. The topological polar surface area (TPSA) is 62.1 Å². The largest absolute Gasteiger partial charge is 1.00 e. The van der Waals surface area contributed by atoms with Gasteiger partial charge in [-0.2, -0.15) is 0 Å². The van der Waals surface area contributed by atoms with Crippen LogP contribution in [-0.4, -0.2) is 10.5 Å².